The first kappa shape index (κ1) is 36.2. The molecule has 2 aliphatic heterocycles. The summed E-state index contributed by atoms with van der Waals surface area (Å²) in [6, 6.07) is 18.1. The van der Waals surface area contributed by atoms with E-state index in [1.54, 1.807) is 63.4 Å². The molecule has 1 saturated carbocycles. The summed E-state index contributed by atoms with van der Waals surface area (Å²) in [5, 5.41) is 0.723. The number of fused-ring (bicyclic) bond motifs is 4. The van der Waals surface area contributed by atoms with Crippen LogP contribution in [0.25, 0.3) is 0 Å². The van der Waals surface area contributed by atoms with E-state index in [-0.39, 0.29) is 34.5 Å². The molecule has 4 aliphatic rings. The average Bonchev–Trinajstić information content (AvgIpc) is 3.24. The molecule has 2 aliphatic carbocycles. The van der Waals surface area contributed by atoms with E-state index in [1.165, 1.54) is 11.1 Å². The Morgan fingerprint density at radius 2 is 1.92 bits per heavy atom. The molecular formula is C39H43BrClN3O6S. The van der Waals surface area contributed by atoms with E-state index in [0.29, 0.717) is 24.8 Å². The summed E-state index contributed by atoms with van der Waals surface area (Å²) in [6.45, 7) is 5.15. The van der Waals surface area contributed by atoms with Crippen LogP contribution in [0.3, 0.4) is 0 Å². The molecule has 0 radical (unpaired) electrons. The lowest BCUT2D eigenvalue weighted by molar-refractivity contribution is -0.137. The van der Waals surface area contributed by atoms with Gasteiger partial charge in [0.15, 0.2) is 9.92 Å². The van der Waals surface area contributed by atoms with Gasteiger partial charge in [0.05, 0.1) is 29.9 Å². The molecule has 0 aromatic heterocycles. The van der Waals surface area contributed by atoms with Gasteiger partial charge in [-0.25, -0.2) is 4.21 Å². The molecule has 12 heteroatoms. The van der Waals surface area contributed by atoms with Crippen LogP contribution in [0.2, 0.25) is 5.02 Å². The fourth-order valence-electron chi connectivity index (χ4n) is 7.85. The molecule has 1 N–H and O–H groups in total. The SMILES string of the molecule is CO[C@H]1/C=C/COC(C)(C)C(=O)N=[S@@](=O)(NC(=O)c2ccc(Br)cc2)c2ccc3c(c2)N(C[C@@H]2CC[C@H]21)C[C@@]1(CCCc2cc(Cl)ccc21)CO3. The van der Waals surface area contributed by atoms with Gasteiger partial charge in [-0.2, -0.15) is 0 Å². The highest BCUT2D eigenvalue weighted by Gasteiger charge is 2.44. The van der Waals surface area contributed by atoms with E-state index in [4.69, 9.17) is 25.8 Å². The zero-order valence-corrected chi connectivity index (χ0v) is 32.2. The monoisotopic (exact) mass is 795 g/mol. The van der Waals surface area contributed by atoms with E-state index < -0.39 is 27.3 Å². The molecule has 5 atom stereocenters. The van der Waals surface area contributed by atoms with Crippen LogP contribution in [-0.4, -0.2) is 61.1 Å². The lowest BCUT2D eigenvalue weighted by Crippen LogP contribution is -2.49. The molecule has 2 amide bonds. The number of benzene rings is 3. The predicted octanol–water partition coefficient (Wildman–Crippen LogP) is 7.68. The third kappa shape index (κ3) is 7.25. The van der Waals surface area contributed by atoms with Crippen LogP contribution in [0.4, 0.5) is 5.69 Å². The highest BCUT2D eigenvalue weighted by molar-refractivity contribution is 9.10. The summed E-state index contributed by atoms with van der Waals surface area (Å²) in [5.41, 5.74) is 1.77. The number of nitrogens with one attached hydrogen (secondary N) is 1. The van der Waals surface area contributed by atoms with Gasteiger partial charge in [0.25, 0.3) is 11.8 Å². The van der Waals surface area contributed by atoms with Gasteiger partial charge < -0.3 is 19.1 Å². The highest BCUT2D eigenvalue weighted by atomic mass is 79.9. The third-order valence-corrected chi connectivity index (χ3v) is 13.4. The Bertz CT molecular complexity index is 1990. The van der Waals surface area contributed by atoms with Crippen molar-refractivity contribution in [2.45, 2.75) is 68.0 Å². The molecule has 2 heterocycles. The van der Waals surface area contributed by atoms with Gasteiger partial charge in [0.2, 0.25) is 0 Å². The van der Waals surface area contributed by atoms with E-state index in [0.717, 1.165) is 53.8 Å². The maximum Gasteiger partial charge on any atom is 0.287 e. The molecule has 51 heavy (non-hydrogen) atoms. The molecule has 2 bridgehead atoms. The van der Waals surface area contributed by atoms with Crippen molar-refractivity contribution in [3.05, 3.63) is 99.0 Å². The van der Waals surface area contributed by atoms with Gasteiger partial charge in [0.1, 0.15) is 11.4 Å². The van der Waals surface area contributed by atoms with E-state index >= 15 is 4.21 Å². The number of hydrogen-bond acceptors (Lipinski definition) is 7. The van der Waals surface area contributed by atoms with Crippen molar-refractivity contribution in [3.8, 4) is 5.75 Å². The number of methoxy groups -OCH3 is 1. The van der Waals surface area contributed by atoms with Gasteiger partial charge in [-0.3, -0.25) is 14.3 Å². The quantitative estimate of drug-likeness (QED) is 0.271. The minimum atomic E-state index is -3.87. The zero-order chi connectivity index (χ0) is 36.0. The molecular weight excluding hydrogens is 754 g/mol. The first-order valence-corrected chi connectivity index (χ1v) is 20.1. The smallest absolute Gasteiger partial charge is 0.287 e. The fourth-order valence-corrected chi connectivity index (χ4v) is 9.93. The fraction of sp³-hybridized carbons (Fsp3) is 0.436. The summed E-state index contributed by atoms with van der Waals surface area (Å²) in [7, 11) is -2.14. The first-order chi connectivity index (χ1) is 24.4. The first-order valence-electron chi connectivity index (χ1n) is 17.4. The van der Waals surface area contributed by atoms with Gasteiger partial charge in [0, 0.05) is 40.7 Å². The topological polar surface area (TPSA) is 107 Å². The van der Waals surface area contributed by atoms with Gasteiger partial charge in [-0.15, -0.1) is 4.36 Å². The van der Waals surface area contributed by atoms with E-state index in [1.807, 2.05) is 18.2 Å². The Morgan fingerprint density at radius 3 is 2.67 bits per heavy atom. The molecule has 1 fully saturated rings. The van der Waals surface area contributed by atoms with Crippen LogP contribution in [0.15, 0.2) is 86.5 Å². The molecule has 3 aromatic rings. The molecule has 0 unspecified atom stereocenters. The maximum atomic E-state index is 15.1. The van der Waals surface area contributed by atoms with Crippen molar-refractivity contribution in [1.29, 1.82) is 0 Å². The normalized spacial score (nSPS) is 29.3. The number of carbonyl (C=O) groups excluding carboxylic acids is 2. The van der Waals surface area contributed by atoms with Crippen LogP contribution >= 0.6 is 27.5 Å². The van der Waals surface area contributed by atoms with E-state index in [2.05, 4.69) is 42.0 Å². The second kappa shape index (κ2) is 14.3. The van der Waals surface area contributed by atoms with Gasteiger partial charge >= 0.3 is 0 Å². The van der Waals surface area contributed by atoms with Gasteiger partial charge in [-0.05, 0) is 124 Å². The minimum absolute atomic E-state index is 0.114. The zero-order valence-electron chi connectivity index (χ0n) is 29.0. The molecule has 270 valence electrons. The Labute approximate surface area is 313 Å². The number of ether oxygens (including phenoxy) is 3. The number of aryl methyl sites for hydroxylation is 1. The van der Waals surface area contributed by atoms with Crippen LogP contribution in [0.5, 0.6) is 5.75 Å². The largest absolute Gasteiger partial charge is 0.490 e. The Balaban J connectivity index is 1.37. The van der Waals surface area contributed by atoms with Gasteiger partial charge in [-0.1, -0.05) is 45.7 Å². The van der Waals surface area contributed by atoms with E-state index in [9.17, 15) is 9.59 Å². The molecule has 9 nitrogen and oxygen atoms in total. The van der Waals surface area contributed by atoms with Crippen LogP contribution in [0, 0.1) is 11.8 Å². The molecule has 0 saturated heterocycles. The summed E-state index contributed by atoms with van der Waals surface area (Å²) in [4.78, 5) is 30.0. The predicted molar refractivity (Wildman–Crippen MR) is 202 cm³/mol. The molecule has 7 rings (SSSR count). The van der Waals surface area contributed by atoms with Crippen LogP contribution in [0.1, 0.15) is 61.0 Å². The van der Waals surface area contributed by atoms with Crippen molar-refractivity contribution in [1.82, 2.24) is 4.72 Å². The van der Waals surface area contributed by atoms with Crippen molar-refractivity contribution in [3.63, 3.8) is 0 Å². The number of anilines is 1. The standard InChI is InChI=1S/C39H43BrClN3O6S/c1-38(2)37(46)43-51(47,42-36(45)25-8-11-28(40)12-9-25)30-14-17-35-33(21-30)44(22-27-10-15-31(27)34(48-3)7-5-19-50-38)23-39(24-49-35)18-4-6-26-20-29(41)13-16-32(26)39/h5,7-9,11-14,16-17,20-21,27,31,34H,4,6,10,15,18-19,22-24H2,1-3H3,(H,42,43,45,46,47)/b7-5+/t27-,31+,34-,39-,51-/m0/s1. The van der Waals surface area contributed by atoms with Crippen molar-refractivity contribution >= 4 is 54.9 Å². The number of rotatable bonds is 3. The lowest BCUT2D eigenvalue weighted by Gasteiger charge is -2.46. The Hall–Kier alpha value is -3.22. The Kier molecular flexibility index (Phi) is 10.1. The van der Waals surface area contributed by atoms with Crippen molar-refractivity contribution in [2.75, 3.05) is 38.3 Å². The highest BCUT2D eigenvalue weighted by Crippen LogP contribution is 2.47. The summed E-state index contributed by atoms with van der Waals surface area (Å²) >= 11 is 9.86. The second-order valence-corrected chi connectivity index (χ2v) is 17.8. The molecule has 3 aromatic carbocycles. The number of amides is 2. The van der Waals surface area contributed by atoms with Crippen LogP contribution in [-0.2, 0) is 36.0 Å². The number of carbonyl (C=O) groups is 2. The summed E-state index contributed by atoms with van der Waals surface area (Å²) in [5.74, 6) is -0.138. The number of hydrogen-bond donors (Lipinski definition) is 1. The average molecular weight is 797 g/mol. The maximum absolute atomic E-state index is 15.1. The minimum Gasteiger partial charge on any atom is -0.490 e. The van der Waals surface area contributed by atoms with Crippen molar-refractivity contribution < 1.29 is 28.0 Å². The summed E-state index contributed by atoms with van der Waals surface area (Å²) < 4.78 is 41.4. The van der Waals surface area contributed by atoms with Crippen LogP contribution < -0.4 is 14.4 Å². The number of halogens is 2. The Morgan fingerprint density at radius 1 is 1.12 bits per heavy atom. The second-order valence-electron chi connectivity index (χ2n) is 14.5. The number of nitrogens with zero attached hydrogens (tertiary/aromatic N) is 2. The van der Waals surface area contributed by atoms with Crippen molar-refractivity contribution in [2.24, 2.45) is 16.2 Å². The lowest BCUT2D eigenvalue weighted by atomic mass is 9.68. The third-order valence-electron chi connectivity index (χ3n) is 10.9. The summed E-state index contributed by atoms with van der Waals surface area (Å²) in [6.07, 6.45) is 8.74. The molecule has 1 spiro atoms.